The summed E-state index contributed by atoms with van der Waals surface area (Å²) in [6.45, 7) is 7.65. The summed E-state index contributed by atoms with van der Waals surface area (Å²) in [5, 5.41) is 3.95. The van der Waals surface area contributed by atoms with Crippen LogP contribution in [0.15, 0.2) is 23.4 Å². The normalized spacial score (nSPS) is 12.1. The van der Waals surface area contributed by atoms with Crippen LogP contribution in [-0.4, -0.2) is 21.1 Å². The molecule has 0 aliphatic carbocycles. The molecule has 1 heterocycles. The summed E-state index contributed by atoms with van der Waals surface area (Å²) < 4.78 is 0. The fraction of sp³-hybridized carbons (Fsp3) is 0.312. The summed E-state index contributed by atoms with van der Waals surface area (Å²) >= 11 is 13.3. The van der Waals surface area contributed by atoms with Crippen LogP contribution in [0.4, 0.5) is 5.69 Å². The van der Waals surface area contributed by atoms with Gasteiger partial charge in [-0.1, -0.05) is 35.0 Å². The Morgan fingerprint density at radius 2 is 1.78 bits per heavy atom. The first-order chi connectivity index (χ1) is 10.8. The Kier molecular flexibility index (Phi) is 5.89. The summed E-state index contributed by atoms with van der Waals surface area (Å²) in [5.74, 6) is -0.182. The van der Waals surface area contributed by atoms with E-state index >= 15 is 0 Å². The van der Waals surface area contributed by atoms with Gasteiger partial charge in [0.05, 0.1) is 16.0 Å². The third-order valence-corrected chi connectivity index (χ3v) is 4.98. The van der Waals surface area contributed by atoms with E-state index in [1.807, 2.05) is 20.8 Å². The highest BCUT2D eigenvalue weighted by atomic mass is 35.5. The number of amides is 1. The largest absolute Gasteiger partial charge is 0.324 e. The van der Waals surface area contributed by atoms with Crippen molar-refractivity contribution < 1.29 is 4.79 Å². The van der Waals surface area contributed by atoms with Crippen LogP contribution < -0.4 is 5.32 Å². The maximum absolute atomic E-state index is 12.3. The molecule has 4 nitrogen and oxygen atoms in total. The number of anilines is 1. The summed E-state index contributed by atoms with van der Waals surface area (Å²) in [6.07, 6.45) is 0. The highest BCUT2D eigenvalue weighted by Gasteiger charge is 2.18. The molecule has 7 heteroatoms. The van der Waals surface area contributed by atoms with Crippen LogP contribution in [-0.2, 0) is 4.79 Å². The van der Waals surface area contributed by atoms with Gasteiger partial charge < -0.3 is 5.32 Å². The monoisotopic (exact) mass is 369 g/mol. The molecule has 0 fully saturated rings. The molecule has 0 saturated heterocycles. The molecule has 0 saturated carbocycles. The number of carbonyl (C=O) groups excluding carboxylic acids is 1. The molecule has 0 aliphatic rings. The van der Waals surface area contributed by atoms with Crippen LogP contribution in [0.5, 0.6) is 0 Å². The number of benzene rings is 1. The van der Waals surface area contributed by atoms with Crippen molar-refractivity contribution in [1.29, 1.82) is 0 Å². The van der Waals surface area contributed by atoms with Crippen LogP contribution in [0.25, 0.3) is 0 Å². The molecule has 2 rings (SSSR count). The number of hydrogen-bond donors (Lipinski definition) is 1. The number of thioether (sulfide) groups is 1. The van der Waals surface area contributed by atoms with Gasteiger partial charge in [-0.3, -0.25) is 4.79 Å². The second-order valence-electron chi connectivity index (χ2n) is 5.18. The zero-order valence-electron chi connectivity index (χ0n) is 13.3. The number of nitrogens with one attached hydrogen (secondary N) is 1. The van der Waals surface area contributed by atoms with Crippen LogP contribution in [0.3, 0.4) is 0 Å². The maximum atomic E-state index is 12.3. The molecule has 0 aliphatic heterocycles. The molecule has 1 aromatic carbocycles. The quantitative estimate of drug-likeness (QED) is 0.619. The zero-order valence-corrected chi connectivity index (χ0v) is 15.6. The lowest BCUT2D eigenvalue weighted by molar-refractivity contribution is -0.115. The Hall–Kier alpha value is -1.30. The molecule has 1 aromatic heterocycles. The van der Waals surface area contributed by atoms with Crippen molar-refractivity contribution in [1.82, 2.24) is 9.97 Å². The standard InChI is InChI=1S/C16H17Cl2N3OS/c1-8-9(2)19-16(20-10(8)3)23-11(4)15(22)21-14-7-12(17)5-6-13(14)18/h5-7,11H,1-4H3,(H,21,22). The Labute approximate surface area is 150 Å². The average Bonchev–Trinajstić information content (AvgIpc) is 2.48. The summed E-state index contributed by atoms with van der Waals surface area (Å²) in [5.41, 5.74) is 3.40. The Balaban J connectivity index is 2.10. The lowest BCUT2D eigenvalue weighted by Gasteiger charge is -2.13. The van der Waals surface area contributed by atoms with Crippen molar-refractivity contribution in [2.75, 3.05) is 5.32 Å². The van der Waals surface area contributed by atoms with Gasteiger partial charge in [-0.05, 0) is 51.5 Å². The number of aryl methyl sites for hydroxylation is 2. The number of aromatic nitrogens is 2. The van der Waals surface area contributed by atoms with Gasteiger partial charge in [-0.25, -0.2) is 9.97 Å². The SMILES string of the molecule is Cc1nc(SC(C)C(=O)Nc2cc(Cl)ccc2Cl)nc(C)c1C. The van der Waals surface area contributed by atoms with Crippen molar-refractivity contribution >= 4 is 46.6 Å². The molecular formula is C16H17Cl2N3OS. The summed E-state index contributed by atoms with van der Waals surface area (Å²) in [7, 11) is 0. The van der Waals surface area contributed by atoms with Gasteiger partial charge in [0.15, 0.2) is 5.16 Å². The van der Waals surface area contributed by atoms with Gasteiger partial charge in [0.2, 0.25) is 5.91 Å². The lowest BCUT2D eigenvalue weighted by atomic mass is 10.2. The van der Waals surface area contributed by atoms with Gasteiger partial charge in [0.25, 0.3) is 0 Å². The highest BCUT2D eigenvalue weighted by Crippen LogP contribution is 2.27. The molecule has 1 N–H and O–H groups in total. The maximum Gasteiger partial charge on any atom is 0.237 e. The lowest BCUT2D eigenvalue weighted by Crippen LogP contribution is -2.23. The predicted molar refractivity (Wildman–Crippen MR) is 96.7 cm³/mol. The molecule has 1 amide bonds. The Morgan fingerprint density at radius 1 is 1.17 bits per heavy atom. The Morgan fingerprint density at radius 3 is 2.39 bits per heavy atom. The van der Waals surface area contributed by atoms with Gasteiger partial charge in [-0.2, -0.15) is 0 Å². The van der Waals surface area contributed by atoms with Crippen molar-refractivity contribution in [3.05, 3.63) is 45.2 Å². The number of carbonyl (C=O) groups is 1. The zero-order chi connectivity index (χ0) is 17.1. The van der Waals surface area contributed by atoms with Crippen molar-refractivity contribution in [3.63, 3.8) is 0 Å². The van der Waals surface area contributed by atoms with Crippen LogP contribution in [0.2, 0.25) is 10.0 Å². The average molecular weight is 370 g/mol. The summed E-state index contributed by atoms with van der Waals surface area (Å²) in [4.78, 5) is 21.2. The minimum atomic E-state index is -0.369. The van der Waals surface area contributed by atoms with Gasteiger partial charge in [-0.15, -0.1) is 0 Å². The highest BCUT2D eigenvalue weighted by molar-refractivity contribution is 8.00. The van der Waals surface area contributed by atoms with E-state index in [0.717, 1.165) is 17.0 Å². The molecule has 1 atom stereocenters. The van der Waals surface area contributed by atoms with E-state index in [2.05, 4.69) is 15.3 Å². The first kappa shape index (κ1) is 18.0. The van der Waals surface area contributed by atoms with Gasteiger partial charge in [0, 0.05) is 16.4 Å². The van der Waals surface area contributed by atoms with Crippen LogP contribution >= 0.6 is 35.0 Å². The second-order valence-corrected chi connectivity index (χ2v) is 7.33. The number of halogens is 2. The van der Waals surface area contributed by atoms with E-state index in [4.69, 9.17) is 23.2 Å². The van der Waals surface area contributed by atoms with Gasteiger partial charge >= 0.3 is 0 Å². The molecule has 2 aromatic rings. The molecule has 0 radical (unpaired) electrons. The van der Waals surface area contributed by atoms with Crippen molar-refractivity contribution in [2.24, 2.45) is 0 Å². The third-order valence-electron chi connectivity index (χ3n) is 3.45. The molecule has 0 bridgehead atoms. The second kappa shape index (κ2) is 7.51. The van der Waals surface area contributed by atoms with Crippen molar-refractivity contribution in [3.8, 4) is 0 Å². The number of nitrogens with zero attached hydrogens (tertiary/aromatic N) is 2. The van der Waals surface area contributed by atoms with Crippen molar-refractivity contribution in [2.45, 2.75) is 38.1 Å². The fourth-order valence-electron chi connectivity index (χ4n) is 1.83. The van der Waals surface area contributed by atoms with E-state index in [0.29, 0.717) is 20.9 Å². The molecular weight excluding hydrogens is 353 g/mol. The molecule has 0 spiro atoms. The molecule has 23 heavy (non-hydrogen) atoms. The predicted octanol–water partition coefficient (Wildman–Crippen LogP) is 4.83. The van der Waals surface area contributed by atoms with E-state index in [-0.39, 0.29) is 11.2 Å². The smallest absolute Gasteiger partial charge is 0.237 e. The minimum Gasteiger partial charge on any atom is -0.324 e. The van der Waals surface area contributed by atoms with Gasteiger partial charge in [0.1, 0.15) is 0 Å². The third kappa shape index (κ3) is 4.59. The van der Waals surface area contributed by atoms with Crippen LogP contribution in [0.1, 0.15) is 23.9 Å². The van der Waals surface area contributed by atoms with E-state index in [9.17, 15) is 4.79 Å². The first-order valence-electron chi connectivity index (χ1n) is 7.02. The van der Waals surface area contributed by atoms with E-state index in [1.54, 1.807) is 25.1 Å². The molecule has 1 unspecified atom stereocenters. The first-order valence-corrected chi connectivity index (χ1v) is 8.66. The van der Waals surface area contributed by atoms with E-state index in [1.165, 1.54) is 11.8 Å². The number of rotatable bonds is 4. The number of hydrogen-bond acceptors (Lipinski definition) is 4. The van der Waals surface area contributed by atoms with Crippen LogP contribution in [0, 0.1) is 20.8 Å². The Bertz CT molecular complexity index is 729. The topological polar surface area (TPSA) is 54.9 Å². The minimum absolute atomic E-state index is 0.182. The summed E-state index contributed by atoms with van der Waals surface area (Å²) in [6, 6.07) is 4.94. The fourth-order valence-corrected chi connectivity index (χ4v) is 3.03. The molecule has 122 valence electrons. The van der Waals surface area contributed by atoms with E-state index < -0.39 is 0 Å².